The number of phenolic OH excluding ortho intramolecular Hbond substituents is 1. The summed E-state index contributed by atoms with van der Waals surface area (Å²) < 4.78 is 0. The molecule has 2 rings (SSSR count). The number of hydrogen-bond donors (Lipinski definition) is 2. The summed E-state index contributed by atoms with van der Waals surface area (Å²) >= 11 is 11.8. The number of nitrogens with zero attached hydrogens (tertiary/aromatic N) is 1. The summed E-state index contributed by atoms with van der Waals surface area (Å²) in [6.45, 7) is 6.96. The van der Waals surface area contributed by atoms with Crippen molar-refractivity contribution in [2.45, 2.75) is 20.4 Å². The number of hydrogen-bond acceptors (Lipinski definition) is 3. The summed E-state index contributed by atoms with van der Waals surface area (Å²) in [6.07, 6.45) is 0. The van der Waals surface area contributed by atoms with Gasteiger partial charge in [0.05, 0.1) is 10.0 Å². The molecule has 0 aromatic heterocycles. The van der Waals surface area contributed by atoms with E-state index >= 15 is 0 Å². The quantitative estimate of drug-likeness (QED) is 0.714. The van der Waals surface area contributed by atoms with E-state index in [2.05, 4.69) is 48.3 Å². The first-order valence-corrected chi connectivity index (χ1v) is 8.06. The van der Waals surface area contributed by atoms with E-state index in [1.165, 1.54) is 5.69 Å². The second kappa shape index (κ2) is 7.61. The molecule has 0 aliphatic carbocycles. The Labute approximate surface area is 141 Å². The highest BCUT2D eigenvalue weighted by atomic mass is 35.5. The van der Waals surface area contributed by atoms with Crippen molar-refractivity contribution in [3.05, 3.63) is 52.0 Å². The average molecular weight is 339 g/mol. The van der Waals surface area contributed by atoms with Crippen LogP contribution >= 0.6 is 23.2 Å². The summed E-state index contributed by atoms with van der Waals surface area (Å²) in [6, 6.07) is 11.8. The van der Waals surface area contributed by atoms with Gasteiger partial charge in [-0.1, -0.05) is 35.3 Å². The molecule has 0 unspecified atom stereocenters. The fourth-order valence-corrected chi connectivity index (χ4v) is 2.77. The van der Waals surface area contributed by atoms with Crippen LogP contribution in [0.3, 0.4) is 0 Å². The molecule has 22 heavy (non-hydrogen) atoms. The molecule has 2 aromatic carbocycles. The smallest absolute Gasteiger partial charge is 0.152 e. The molecule has 0 amide bonds. The summed E-state index contributed by atoms with van der Waals surface area (Å²) in [5.41, 5.74) is 3.17. The Kier molecular flexibility index (Phi) is 5.81. The lowest BCUT2D eigenvalue weighted by Gasteiger charge is -2.21. The molecule has 0 saturated carbocycles. The van der Waals surface area contributed by atoms with E-state index in [0.717, 1.165) is 24.3 Å². The van der Waals surface area contributed by atoms with Crippen molar-refractivity contribution in [3.63, 3.8) is 0 Å². The molecule has 0 radical (unpaired) electrons. The number of phenols is 1. The van der Waals surface area contributed by atoms with Crippen LogP contribution in [0.15, 0.2) is 36.4 Å². The Morgan fingerprint density at radius 3 is 2.05 bits per heavy atom. The zero-order chi connectivity index (χ0) is 16.1. The van der Waals surface area contributed by atoms with Gasteiger partial charge in [0.2, 0.25) is 0 Å². The van der Waals surface area contributed by atoms with Gasteiger partial charge in [-0.15, -0.1) is 0 Å². The fraction of sp³-hybridized carbons (Fsp3) is 0.294. The number of nitrogens with one attached hydrogen (secondary N) is 1. The first kappa shape index (κ1) is 16.8. The highest BCUT2D eigenvalue weighted by Crippen LogP contribution is 2.34. The predicted molar refractivity (Wildman–Crippen MR) is 95.5 cm³/mol. The van der Waals surface area contributed by atoms with Crippen LogP contribution < -0.4 is 10.2 Å². The SMILES string of the molecule is CCN(CC)c1ccc(CNc2cc(Cl)c(O)c(Cl)c2)cc1. The fourth-order valence-electron chi connectivity index (χ4n) is 2.29. The molecule has 3 nitrogen and oxygen atoms in total. The molecule has 0 aliphatic rings. The predicted octanol–water partition coefficient (Wildman–Crippen LogP) is 5.16. The van der Waals surface area contributed by atoms with Crippen molar-refractivity contribution in [2.75, 3.05) is 23.3 Å². The van der Waals surface area contributed by atoms with Crippen LogP contribution in [-0.2, 0) is 6.54 Å². The third-order valence-electron chi connectivity index (χ3n) is 3.58. The molecule has 2 N–H and O–H groups in total. The van der Waals surface area contributed by atoms with Gasteiger partial charge in [-0.05, 0) is 43.7 Å². The Morgan fingerprint density at radius 1 is 1.00 bits per heavy atom. The number of anilines is 2. The average Bonchev–Trinajstić information content (AvgIpc) is 2.53. The standard InChI is InChI=1S/C17H20Cl2N2O/c1-3-21(4-2)14-7-5-12(6-8-14)11-20-13-9-15(18)17(22)16(19)10-13/h5-10,20,22H,3-4,11H2,1-2H3. The van der Waals surface area contributed by atoms with E-state index in [1.807, 2.05) is 0 Å². The summed E-state index contributed by atoms with van der Waals surface area (Å²) in [5, 5.41) is 13.3. The topological polar surface area (TPSA) is 35.5 Å². The third-order valence-corrected chi connectivity index (χ3v) is 4.15. The second-order valence-corrected chi connectivity index (χ2v) is 5.80. The lowest BCUT2D eigenvalue weighted by Crippen LogP contribution is -2.21. The van der Waals surface area contributed by atoms with Gasteiger partial charge >= 0.3 is 0 Å². The lowest BCUT2D eigenvalue weighted by molar-refractivity contribution is 0.476. The highest BCUT2D eigenvalue weighted by Gasteiger charge is 2.06. The monoisotopic (exact) mass is 338 g/mol. The van der Waals surface area contributed by atoms with E-state index < -0.39 is 0 Å². The summed E-state index contributed by atoms with van der Waals surface area (Å²) in [7, 11) is 0. The van der Waals surface area contributed by atoms with Gasteiger partial charge in [-0.3, -0.25) is 0 Å². The first-order chi connectivity index (χ1) is 10.5. The number of halogens is 2. The summed E-state index contributed by atoms with van der Waals surface area (Å²) in [4.78, 5) is 2.30. The van der Waals surface area contributed by atoms with E-state index in [9.17, 15) is 5.11 Å². The first-order valence-electron chi connectivity index (χ1n) is 7.31. The van der Waals surface area contributed by atoms with E-state index in [1.54, 1.807) is 12.1 Å². The van der Waals surface area contributed by atoms with Crippen molar-refractivity contribution in [2.24, 2.45) is 0 Å². The molecule has 0 fully saturated rings. The van der Waals surface area contributed by atoms with Crippen LogP contribution in [0.25, 0.3) is 0 Å². The lowest BCUT2D eigenvalue weighted by atomic mass is 10.2. The molecule has 0 spiro atoms. The van der Waals surface area contributed by atoms with E-state index in [0.29, 0.717) is 6.54 Å². The van der Waals surface area contributed by atoms with Gasteiger partial charge in [-0.25, -0.2) is 0 Å². The van der Waals surface area contributed by atoms with Crippen LogP contribution in [0, 0.1) is 0 Å². The van der Waals surface area contributed by atoms with Gasteiger partial charge in [0, 0.05) is 31.0 Å². The Bertz CT molecular complexity index is 602. The number of benzene rings is 2. The molecular formula is C17H20Cl2N2O. The van der Waals surface area contributed by atoms with Crippen LogP contribution in [-0.4, -0.2) is 18.2 Å². The van der Waals surface area contributed by atoms with Crippen molar-refractivity contribution < 1.29 is 5.11 Å². The Hall–Kier alpha value is -1.58. The van der Waals surface area contributed by atoms with Gasteiger partial charge < -0.3 is 15.3 Å². The normalized spacial score (nSPS) is 10.5. The highest BCUT2D eigenvalue weighted by molar-refractivity contribution is 6.37. The molecule has 0 saturated heterocycles. The van der Waals surface area contributed by atoms with Gasteiger partial charge in [0.25, 0.3) is 0 Å². The zero-order valence-corrected chi connectivity index (χ0v) is 14.2. The molecule has 5 heteroatoms. The van der Waals surface area contributed by atoms with Crippen molar-refractivity contribution in [1.82, 2.24) is 0 Å². The minimum atomic E-state index is -0.0857. The maximum atomic E-state index is 9.55. The minimum Gasteiger partial charge on any atom is -0.505 e. The maximum absolute atomic E-state index is 9.55. The number of aromatic hydroxyl groups is 1. The van der Waals surface area contributed by atoms with Crippen LogP contribution in [0.2, 0.25) is 10.0 Å². The Morgan fingerprint density at radius 2 is 1.55 bits per heavy atom. The largest absolute Gasteiger partial charge is 0.505 e. The third kappa shape index (κ3) is 3.99. The van der Waals surface area contributed by atoms with Gasteiger partial charge in [0.15, 0.2) is 5.75 Å². The molecule has 0 atom stereocenters. The molecule has 118 valence electrons. The van der Waals surface area contributed by atoms with Crippen LogP contribution in [0.4, 0.5) is 11.4 Å². The van der Waals surface area contributed by atoms with Crippen LogP contribution in [0.5, 0.6) is 5.75 Å². The molecular weight excluding hydrogens is 319 g/mol. The van der Waals surface area contributed by atoms with Crippen molar-refractivity contribution >= 4 is 34.6 Å². The molecule has 0 aliphatic heterocycles. The van der Waals surface area contributed by atoms with Gasteiger partial charge in [0.1, 0.15) is 0 Å². The second-order valence-electron chi connectivity index (χ2n) is 4.98. The number of rotatable bonds is 6. The minimum absolute atomic E-state index is 0.0857. The van der Waals surface area contributed by atoms with Gasteiger partial charge in [-0.2, -0.15) is 0 Å². The Balaban J connectivity index is 2.03. The van der Waals surface area contributed by atoms with Crippen LogP contribution in [0.1, 0.15) is 19.4 Å². The van der Waals surface area contributed by atoms with E-state index in [-0.39, 0.29) is 15.8 Å². The summed E-state index contributed by atoms with van der Waals surface area (Å²) in [5.74, 6) is -0.0857. The van der Waals surface area contributed by atoms with Crippen molar-refractivity contribution in [1.29, 1.82) is 0 Å². The maximum Gasteiger partial charge on any atom is 0.152 e. The zero-order valence-electron chi connectivity index (χ0n) is 12.7. The van der Waals surface area contributed by atoms with E-state index in [4.69, 9.17) is 23.2 Å². The molecule has 0 bridgehead atoms. The molecule has 2 aromatic rings. The van der Waals surface area contributed by atoms with Crippen molar-refractivity contribution in [3.8, 4) is 5.75 Å². The molecule has 0 heterocycles.